The largest absolute Gasteiger partial charge is 0.494 e. The molecule has 3 aromatic rings. The number of anilines is 1. The number of hydrogen-bond acceptors (Lipinski definition) is 5. The Balaban J connectivity index is 1.71. The first-order valence-electron chi connectivity index (χ1n) is 8.25. The zero-order chi connectivity index (χ0) is 17.6. The van der Waals surface area contributed by atoms with Crippen LogP contribution in [-0.4, -0.2) is 23.6 Å². The van der Waals surface area contributed by atoms with Crippen molar-refractivity contribution < 1.29 is 14.3 Å². The summed E-state index contributed by atoms with van der Waals surface area (Å²) in [7, 11) is 0. The third-order valence-electron chi connectivity index (χ3n) is 3.59. The van der Waals surface area contributed by atoms with E-state index in [1.54, 1.807) is 0 Å². The van der Waals surface area contributed by atoms with Crippen molar-refractivity contribution >= 4 is 32.6 Å². The number of thiazole rings is 1. The van der Waals surface area contributed by atoms with Crippen molar-refractivity contribution in [3.05, 3.63) is 48.5 Å². The molecule has 6 heteroatoms. The van der Waals surface area contributed by atoms with E-state index in [1.807, 2.05) is 62.4 Å². The van der Waals surface area contributed by atoms with Crippen molar-refractivity contribution in [2.75, 3.05) is 11.9 Å². The number of carbonyl (C=O) groups excluding carboxylic acids is 1. The fourth-order valence-electron chi connectivity index (χ4n) is 2.39. The lowest BCUT2D eigenvalue weighted by Gasteiger charge is -2.16. The van der Waals surface area contributed by atoms with Crippen LogP contribution < -0.4 is 14.8 Å². The summed E-state index contributed by atoms with van der Waals surface area (Å²) in [5, 5.41) is 3.42. The topological polar surface area (TPSA) is 60.5 Å². The van der Waals surface area contributed by atoms with Crippen molar-refractivity contribution in [1.82, 2.24) is 4.98 Å². The molecule has 0 saturated heterocycles. The van der Waals surface area contributed by atoms with E-state index in [0.717, 1.165) is 16.0 Å². The van der Waals surface area contributed by atoms with Gasteiger partial charge in [0.15, 0.2) is 11.2 Å². The normalized spacial score (nSPS) is 11.9. The highest BCUT2D eigenvalue weighted by atomic mass is 32.1. The van der Waals surface area contributed by atoms with Gasteiger partial charge in [-0.1, -0.05) is 36.5 Å². The molecule has 5 nitrogen and oxygen atoms in total. The molecular formula is C19H20N2O3S. The lowest BCUT2D eigenvalue weighted by atomic mass is 10.2. The van der Waals surface area contributed by atoms with Crippen molar-refractivity contribution in [3.8, 4) is 11.5 Å². The third kappa shape index (κ3) is 4.28. The summed E-state index contributed by atoms with van der Waals surface area (Å²) >= 11 is 1.42. The van der Waals surface area contributed by atoms with Crippen LogP contribution in [0, 0.1) is 0 Å². The van der Waals surface area contributed by atoms with Gasteiger partial charge in [0.25, 0.3) is 5.91 Å². The molecule has 25 heavy (non-hydrogen) atoms. The molecule has 1 unspecified atom stereocenters. The maximum absolute atomic E-state index is 12.5. The molecule has 0 aliphatic carbocycles. The van der Waals surface area contributed by atoms with Gasteiger partial charge in [0.1, 0.15) is 11.5 Å². The number of para-hydroxylation sites is 1. The summed E-state index contributed by atoms with van der Waals surface area (Å²) in [4.78, 5) is 17.0. The van der Waals surface area contributed by atoms with Crippen LogP contribution >= 0.6 is 11.3 Å². The number of carbonyl (C=O) groups is 1. The third-order valence-corrected chi connectivity index (χ3v) is 4.52. The quantitative estimate of drug-likeness (QED) is 0.677. The second-order valence-corrected chi connectivity index (χ2v) is 6.43. The molecule has 3 rings (SSSR count). The van der Waals surface area contributed by atoms with Crippen molar-refractivity contribution in [2.24, 2.45) is 0 Å². The average molecular weight is 356 g/mol. The highest BCUT2D eigenvalue weighted by molar-refractivity contribution is 7.22. The standard InChI is InChI=1S/C19H20N2O3S/c1-3-16(24-13-8-6-5-7-9-13)18(22)21-19-20-15-11-10-14(23-4-2)12-17(15)25-19/h5-12,16H,3-4H2,1-2H3,(H,20,21,22). The fraction of sp³-hybridized carbons (Fsp3) is 0.263. The summed E-state index contributed by atoms with van der Waals surface area (Å²) in [6, 6.07) is 15.0. The summed E-state index contributed by atoms with van der Waals surface area (Å²) in [6.07, 6.45) is 0.00789. The zero-order valence-corrected chi connectivity index (χ0v) is 15.0. The first-order valence-corrected chi connectivity index (χ1v) is 9.07. The van der Waals surface area contributed by atoms with Gasteiger partial charge in [0.2, 0.25) is 0 Å². The molecule has 0 aliphatic rings. The number of benzene rings is 2. The SMILES string of the molecule is CCOc1ccc2nc(NC(=O)C(CC)Oc3ccccc3)sc2c1. The van der Waals surface area contributed by atoms with Crippen LogP contribution in [0.1, 0.15) is 20.3 Å². The molecule has 0 fully saturated rings. The van der Waals surface area contributed by atoms with Gasteiger partial charge in [-0.25, -0.2) is 4.98 Å². The number of nitrogens with one attached hydrogen (secondary N) is 1. The minimum absolute atomic E-state index is 0.199. The summed E-state index contributed by atoms with van der Waals surface area (Å²) in [6.45, 7) is 4.48. The predicted molar refractivity (Wildman–Crippen MR) is 101 cm³/mol. The van der Waals surface area contributed by atoms with Crippen LogP contribution in [0.3, 0.4) is 0 Å². The molecule has 2 aromatic carbocycles. The van der Waals surface area contributed by atoms with E-state index in [9.17, 15) is 4.79 Å². The Morgan fingerprint density at radius 3 is 2.68 bits per heavy atom. The van der Waals surface area contributed by atoms with Crippen LogP contribution in [0.15, 0.2) is 48.5 Å². The molecule has 0 aliphatic heterocycles. The highest BCUT2D eigenvalue weighted by Gasteiger charge is 2.20. The molecule has 0 saturated carbocycles. The van der Waals surface area contributed by atoms with E-state index in [4.69, 9.17) is 9.47 Å². The van der Waals surface area contributed by atoms with Crippen molar-refractivity contribution in [2.45, 2.75) is 26.4 Å². The molecule has 1 aromatic heterocycles. The Labute approximate surface area is 150 Å². The first-order chi connectivity index (χ1) is 12.2. The molecule has 1 N–H and O–H groups in total. The summed E-state index contributed by atoms with van der Waals surface area (Å²) in [5.74, 6) is 1.28. The molecule has 1 atom stereocenters. The maximum atomic E-state index is 12.5. The number of rotatable bonds is 7. The molecular weight excluding hydrogens is 336 g/mol. The van der Waals surface area contributed by atoms with Gasteiger partial charge in [-0.3, -0.25) is 10.1 Å². The molecule has 1 amide bonds. The van der Waals surface area contributed by atoms with Crippen LogP contribution in [0.25, 0.3) is 10.2 Å². The second-order valence-electron chi connectivity index (χ2n) is 5.40. The van der Waals surface area contributed by atoms with Gasteiger partial charge >= 0.3 is 0 Å². The Morgan fingerprint density at radius 1 is 1.16 bits per heavy atom. The van der Waals surface area contributed by atoms with E-state index in [0.29, 0.717) is 23.9 Å². The van der Waals surface area contributed by atoms with Crippen molar-refractivity contribution in [1.29, 1.82) is 0 Å². The first kappa shape index (κ1) is 17.2. The number of hydrogen-bond donors (Lipinski definition) is 1. The zero-order valence-electron chi connectivity index (χ0n) is 14.2. The predicted octanol–water partition coefficient (Wildman–Crippen LogP) is 4.49. The molecule has 0 radical (unpaired) electrons. The lowest BCUT2D eigenvalue weighted by molar-refractivity contribution is -0.122. The monoisotopic (exact) mass is 356 g/mol. The van der Waals surface area contributed by atoms with Crippen molar-refractivity contribution in [3.63, 3.8) is 0 Å². The second kappa shape index (κ2) is 7.98. The van der Waals surface area contributed by atoms with E-state index in [1.165, 1.54) is 11.3 Å². The van der Waals surface area contributed by atoms with E-state index in [2.05, 4.69) is 10.3 Å². The Bertz CT molecular complexity index is 848. The molecule has 0 bridgehead atoms. The lowest BCUT2D eigenvalue weighted by Crippen LogP contribution is -2.32. The smallest absolute Gasteiger partial charge is 0.267 e. The van der Waals surface area contributed by atoms with Crippen LogP contribution in [-0.2, 0) is 4.79 Å². The minimum atomic E-state index is -0.562. The molecule has 0 spiro atoms. The van der Waals surface area contributed by atoms with E-state index in [-0.39, 0.29) is 5.91 Å². The van der Waals surface area contributed by atoms with Gasteiger partial charge in [-0.2, -0.15) is 0 Å². The number of amides is 1. The average Bonchev–Trinajstić information content (AvgIpc) is 3.02. The molecule has 1 heterocycles. The van der Waals surface area contributed by atoms with E-state index < -0.39 is 6.10 Å². The van der Waals surface area contributed by atoms with Gasteiger partial charge < -0.3 is 9.47 Å². The number of aromatic nitrogens is 1. The number of fused-ring (bicyclic) bond motifs is 1. The van der Waals surface area contributed by atoms with Gasteiger partial charge in [0, 0.05) is 0 Å². The number of ether oxygens (including phenoxy) is 2. The summed E-state index contributed by atoms with van der Waals surface area (Å²) in [5.41, 5.74) is 0.834. The Morgan fingerprint density at radius 2 is 1.96 bits per heavy atom. The van der Waals surface area contributed by atoms with Gasteiger partial charge in [0.05, 0.1) is 16.8 Å². The number of nitrogens with zero attached hydrogens (tertiary/aromatic N) is 1. The van der Waals surface area contributed by atoms with Crippen LogP contribution in [0.4, 0.5) is 5.13 Å². The fourth-order valence-corrected chi connectivity index (χ4v) is 3.28. The van der Waals surface area contributed by atoms with Gasteiger partial charge in [-0.05, 0) is 43.7 Å². The molecule has 130 valence electrons. The van der Waals surface area contributed by atoms with E-state index >= 15 is 0 Å². The van der Waals surface area contributed by atoms with Gasteiger partial charge in [-0.15, -0.1) is 0 Å². The highest BCUT2D eigenvalue weighted by Crippen LogP contribution is 2.29. The summed E-state index contributed by atoms with van der Waals surface area (Å²) < 4.78 is 12.2. The Hall–Kier alpha value is -2.60. The van der Waals surface area contributed by atoms with Crippen LogP contribution in [0.2, 0.25) is 0 Å². The maximum Gasteiger partial charge on any atom is 0.267 e. The Kier molecular flexibility index (Phi) is 5.50. The van der Waals surface area contributed by atoms with Crippen LogP contribution in [0.5, 0.6) is 11.5 Å². The minimum Gasteiger partial charge on any atom is -0.494 e.